The molecule has 0 aromatic carbocycles. The van der Waals surface area contributed by atoms with Crippen molar-refractivity contribution < 1.29 is 8.42 Å². The number of aromatic nitrogens is 7. The van der Waals surface area contributed by atoms with Gasteiger partial charge in [-0.15, -0.1) is 0 Å². The van der Waals surface area contributed by atoms with Gasteiger partial charge in [0.2, 0.25) is 0 Å². The van der Waals surface area contributed by atoms with Gasteiger partial charge in [0.25, 0.3) is 10.0 Å². The molecule has 0 aliphatic heterocycles. The largest absolute Gasteiger partial charge is 0.276 e. The molecule has 0 unspecified atom stereocenters. The van der Waals surface area contributed by atoms with Gasteiger partial charge in [-0.1, -0.05) is 0 Å². The zero-order valence-electron chi connectivity index (χ0n) is 14.8. The lowest BCUT2D eigenvalue weighted by Crippen LogP contribution is -2.13. The number of pyridine rings is 1. The van der Waals surface area contributed by atoms with Crippen molar-refractivity contribution in [3.63, 3.8) is 0 Å². The third-order valence-corrected chi connectivity index (χ3v) is 5.36. The van der Waals surface area contributed by atoms with Gasteiger partial charge >= 0.3 is 0 Å². The molecule has 11 heteroatoms. The van der Waals surface area contributed by atoms with Crippen LogP contribution in [-0.2, 0) is 24.1 Å². The minimum Gasteiger partial charge on any atom is -0.276 e. The van der Waals surface area contributed by atoms with Crippen LogP contribution in [0.5, 0.6) is 0 Å². The molecule has 0 radical (unpaired) electrons. The Morgan fingerprint density at radius 1 is 1.07 bits per heavy atom. The fraction of sp³-hybridized carbons (Fsp3) is 0.188. The lowest BCUT2D eigenvalue weighted by Gasteiger charge is -2.08. The Morgan fingerprint density at radius 2 is 1.89 bits per heavy atom. The number of aryl methyl sites for hydroxylation is 3. The summed E-state index contributed by atoms with van der Waals surface area (Å²) in [5.41, 5.74) is 2.49. The molecule has 138 valence electrons. The Morgan fingerprint density at radius 3 is 2.63 bits per heavy atom. The Hall–Kier alpha value is -3.34. The van der Waals surface area contributed by atoms with Crippen LogP contribution >= 0.6 is 0 Å². The van der Waals surface area contributed by atoms with Crippen LogP contribution < -0.4 is 4.72 Å². The molecule has 0 bridgehead atoms. The molecule has 4 aromatic rings. The Balaban J connectivity index is 1.76. The predicted octanol–water partition coefficient (Wildman–Crippen LogP) is 1.27. The molecular formula is C16H16N8O2S. The highest BCUT2D eigenvalue weighted by atomic mass is 32.2. The molecule has 4 rings (SSSR count). The van der Waals surface area contributed by atoms with E-state index < -0.39 is 10.0 Å². The molecule has 4 aromatic heterocycles. The summed E-state index contributed by atoms with van der Waals surface area (Å²) >= 11 is 0. The summed E-state index contributed by atoms with van der Waals surface area (Å²) in [6, 6.07) is 1.56. The minimum atomic E-state index is -3.88. The van der Waals surface area contributed by atoms with Crippen LogP contribution in [-0.4, -0.2) is 42.9 Å². The first kappa shape index (κ1) is 17.1. The zero-order chi connectivity index (χ0) is 19.2. The molecule has 1 N–H and O–H groups in total. The molecule has 0 saturated carbocycles. The average molecular weight is 384 g/mol. The molecule has 4 heterocycles. The van der Waals surface area contributed by atoms with E-state index >= 15 is 0 Å². The molecule has 0 aliphatic rings. The molecule has 0 aliphatic carbocycles. The zero-order valence-corrected chi connectivity index (χ0v) is 15.6. The number of hydrogen-bond donors (Lipinski definition) is 1. The van der Waals surface area contributed by atoms with Crippen LogP contribution in [0.15, 0.2) is 41.9 Å². The van der Waals surface area contributed by atoms with E-state index in [1.165, 1.54) is 29.5 Å². The first-order valence-corrected chi connectivity index (χ1v) is 9.45. The van der Waals surface area contributed by atoms with Gasteiger partial charge in [0.15, 0.2) is 5.65 Å². The standard InChI is InChI=1S/C16H16N8O2S/c1-10-12-6-11(7-19-16(12)24(3)20-10)27(25,26)22-14-9-23(2)21-15(14)13-8-17-4-5-18-13/h4-9,22H,1-3H3. The highest BCUT2D eigenvalue weighted by molar-refractivity contribution is 7.92. The van der Waals surface area contributed by atoms with Gasteiger partial charge in [0.1, 0.15) is 16.3 Å². The second-order valence-corrected chi connectivity index (χ2v) is 7.69. The summed E-state index contributed by atoms with van der Waals surface area (Å²) < 4.78 is 31.5. The van der Waals surface area contributed by atoms with Gasteiger partial charge in [-0.25, -0.2) is 13.4 Å². The number of sulfonamides is 1. The maximum absolute atomic E-state index is 12.9. The van der Waals surface area contributed by atoms with Crippen molar-refractivity contribution in [3.05, 3.63) is 42.7 Å². The summed E-state index contributed by atoms with van der Waals surface area (Å²) in [4.78, 5) is 12.5. The Labute approximate surface area is 155 Å². The normalized spacial score (nSPS) is 11.8. The predicted molar refractivity (Wildman–Crippen MR) is 98.3 cm³/mol. The molecule has 0 spiro atoms. The molecule has 0 fully saturated rings. The van der Waals surface area contributed by atoms with Crippen molar-refractivity contribution in [1.29, 1.82) is 0 Å². The van der Waals surface area contributed by atoms with E-state index in [1.54, 1.807) is 38.0 Å². The van der Waals surface area contributed by atoms with Gasteiger partial charge < -0.3 is 0 Å². The van der Waals surface area contributed by atoms with Crippen LogP contribution in [0, 0.1) is 6.92 Å². The maximum atomic E-state index is 12.9. The van der Waals surface area contributed by atoms with E-state index in [4.69, 9.17) is 0 Å². The van der Waals surface area contributed by atoms with Crippen molar-refractivity contribution in [2.24, 2.45) is 14.1 Å². The second-order valence-electron chi connectivity index (χ2n) is 6.01. The SMILES string of the molecule is Cc1nn(C)c2ncc(S(=O)(=O)Nc3cn(C)nc3-c3cnccn3)cc12. The quantitative estimate of drug-likeness (QED) is 0.562. The van der Waals surface area contributed by atoms with E-state index in [0.717, 1.165) is 0 Å². The van der Waals surface area contributed by atoms with E-state index in [2.05, 4.69) is 29.9 Å². The molecule has 0 saturated heterocycles. The van der Waals surface area contributed by atoms with E-state index in [-0.39, 0.29) is 4.90 Å². The number of fused-ring (bicyclic) bond motifs is 1. The van der Waals surface area contributed by atoms with Crippen molar-refractivity contribution >= 4 is 26.7 Å². The molecule has 10 nitrogen and oxygen atoms in total. The lowest BCUT2D eigenvalue weighted by atomic mass is 10.3. The number of nitrogens with one attached hydrogen (secondary N) is 1. The topological polar surface area (TPSA) is 120 Å². The summed E-state index contributed by atoms with van der Waals surface area (Å²) in [6.07, 6.45) is 7.46. The second kappa shape index (κ2) is 6.13. The monoisotopic (exact) mass is 384 g/mol. The lowest BCUT2D eigenvalue weighted by molar-refractivity contribution is 0.601. The Bertz CT molecular complexity index is 1240. The highest BCUT2D eigenvalue weighted by Crippen LogP contribution is 2.27. The maximum Gasteiger partial charge on any atom is 0.263 e. The van der Waals surface area contributed by atoms with Crippen molar-refractivity contribution in [2.45, 2.75) is 11.8 Å². The van der Waals surface area contributed by atoms with Gasteiger partial charge in [0, 0.05) is 44.3 Å². The summed E-state index contributed by atoms with van der Waals surface area (Å²) in [5.74, 6) is 0. The van der Waals surface area contributed by atoms with Crippen LogP contribution in [0.4, 0.5) is 5.69 Å². The smallest absolute Gasteiger partial charge is 0.263 e. The van der Waals surface area contributed by atoms with Crippen LogP contribution in [0.3, 0.4) is 0 Å². The number of rotatable bonds is 4. The van der Waals surface area contributed by atoms with Gasteiger partial charge in [-0.2, -0.15) is 10.2 Å². The average Bonchev–Trinajstić information content (AvgIpc) is 3.14. The highest BCUT2D eigenvalue weighted by Gasteiger charge is 2.21. The third-order valence-electron chi connectivity index (χ3n) is 4.03. The van der Waals surface area contributed by atoms with Crippen molar-refractivity contribution in [2.75, 3.05) is 4.72 Å². The summed E-state index contributed by atoms with van der Waals surface area (Å²) in [7, 11) is -0.420. The first-order valence-electron chi connectivity index (χ1n) is 7.97. The minimum absolute atomic E-state index is 0.0417. The van der Waals surface area contributed by atoms with E-state index in [9.17, 15) is 8.42 Å². The van der Waals surface area contributed by atoms with Gasteiger partial charge in [-0.3, -0.25) is 24.1 Å². The molecule has 0 atom stereocenters. The number of nitrogens with zero attached hydrogens (tertiary/aromatic N) is 7. The van der Waals surface area contributed by atoms with Crippen LogP contribution in [0.1, 0.15) is 5.69 Å². The summed E-state index contributed by atoms with van der Waals surface area (Å²) in [6.45, 7) is 1.81. The molecule has 27 heavy (non-hydrogen) atoms. The molecule has 0 amide bonds. The number of hydrogen-bond acceptors (Lipinski definition) is 7. The van der Waals surface area contributed by atoms with Gasteiger partial charge in [0.05, 0.1) is 17.6 Å². The Kier molecular flexibility index (Phi) is 3.88. The van der Waals surface area contributed by atoms with E-state index in [0.29, 0.717) is 33.8 Å². The van der Waals surface area contributed by atoms with Gasteiger partial charge in [-0.05, 0) is 13.0 Å². The van der Waals surface area contributed by atoms with Crippen LogP contribution in [0.2, 0.25) is 0 Å². The van der Waals surface area contributed by atoms with Crippen LogP contribution in [0.25, 0.3) is 22.4 Å². The number of anilines is 1. The molecular weight excluding hydrogens is 368 g/mol. The fourth-order valence-electron chi connectivity index (χ4n) is 2.81. The summed E-state index contributed by atoms with van der Waals surface area (Å²) in [5, 5.41) is 9.23. The van der Waals surface area contributed by atoms with E-state index in [1.807, 2.05) is 0 Å². The first-order chi connectivity index (χ1) is 12.8. The van der Waals surface area contributed by atoms with Crippen molar-refractivity contribution in [3.8, 4) is 11.4 Å². The fourth-order valence-corrected chi connectivity index (χ4v) is 3.83. The third kappa shape index (κ3) is 3.01. The van der Waals surface area contributed by atoms with Crippen molar-refractivity contribution in [1.82, 2.24) is 34.5 Å².